The van der Waals surface area contributed by atoms with Crippen molar-refractivity contribution in [3.8, 4) is 11.5 Å². The van der Waals surface area contributed by atoms with Gasteiger partial charge in [0.2, 0.25) is 5.91 Å². The van der Waals surface area contributed by atoms with E-state index in [0.717, 1.165) is 48.8 Å². The van der Waals surface area contributed by atoms with Crippen molar-refractivity contribution in [1.82, 2.24) is 20.0 Å². The molecule has 3 rings (SSSR count). The Labute approximate surface area is 160 Å². The average Bonchev–Trinajstić information content (AvgIpc) is 3.31. The number of aromatic amines is 1. The monoisotopic (exact) mass is 372 g/mol. The van der Waals surface area contributed by atoms with Crippen LogP contribution in [0.3, 0.4) is 0 Å². The Morgan fingerprint density at radius 3 is 2.93 bits per heavy atom. The lowest BCUT2D eigenvalue weighted by Crippen LogP contribution is -2.36. The van der Waals surface area contributed by atoms with E-state index in [-0.39, 0.29) is 5.91 Å². The number of aromatic nitrogens is 2. The fraction of sp³-hybridized carbons (Fsp3) is 0.500. The smallest absolute Gasteiger partial charge is 0.236 e. The largest absolute Gasteiger partial charge is 0.497 e. The highest BCUT2D eigenvalue weighted by Crippen LogP contribution is 2.26. The molecule has 1 atom stereocenters. The predicted molar refractivity (Wildman–Crippen MR) is 103 cm³/mol. The van der Waals surface area contributed by atoms with Gasteiger partial charge in [-0.25, -0.2) is 0 Å². The molecule has 1 aromatic carbocycles. The number of nitrogens with one attached hydrogen (secondary N) is 1. The van der Waals surface area contributed by atoms with Crippen LogP contribution >= 0.6 is 0 Å². The summed E-state index contributed by atoms with van der Waals surface area (Å²) in [5, 5.41) is 7.56. The maximum atomic E-state index is 12.2. The van der Waals surface area contributed by atoms with Gasteiger partial charge in [0.05, 0.1) is 26.0 Å². The van der Waals surface area contributed by atoms with Gasteiger partial charge in [0, 0.05) is 37.2 Å². The summed E-state index contributed by atoms with van der Waals surface area (Å²) in [6.07, 6.45) is 1.71. The number of benzene rings is 1. The summed E-state index contributed by atoms with van der Waals surface area (Å²) in [5.41, 5.74) is 2.08. The Morgan fingerprint density at radius 1 is 1.33 bits per heavy atom. The van der Waals surface area contributed by atoms with Gasteiger partial charge in [0.1, 0.15) is 11.5 Å². The normalized spacial score (nSPS) is 16.7. The second kappa shape index (κ2) is 8.90. The second-order valence-corrected chi connectivity index (χ2v) is 7.16. The number of carbonyl (C=O) groups is 1. The van der Waals surface area contributed by atoms with Crippen LogP contribution in [0, 0.1) is 0 Å². The lowest BCUT2D eigenvalue weighted by molar-refractivity contribution is -0.130. The molecule has 146 valence electrons. The van der Waals surface area contributed by atoms with Crippen LogP contribution in [0.2, 0.25) is 0 Å². The Balaban J connectivity index is 1.48. The van der Waals surface area contributed by atoms with Crippen molar-refractivity contribution in [3.05, 3.63) is 41.7 Å². The molecular formula is C20H28N4O3. The second-order valence-electron chi connectivity index (χ2n) is 7.16. The van der Waals surface area contributed by atoms with Gasteiger partial charge in [-0.05, 0) is 38.7 Å². The molecule has 27 heavy (non-hydrogen) atoms. The van der Waals surface area contributed by atoms with Gasteiger partial charge in [-0.15, -0.1) is 0 Å². The molecule has 0 spiro atoms. The van der Waals surface area contributed by atoms with Crippen LogP contribution in [-0.2, 0) is 11.2 Å². The first-order valence-corrected chi connectivity index (χ1v) is 9.28. The minimum atomic E-state index is 0.185. The SMILES string of the molecule is COc1cccc(OCCc2cc([C@@H]3CCN(C(=O)CN(C)C)C3)n[nH]2)c1. The first kappa shape index (κ1) is 19.2. The molecule has 0 bridgehead atoms. The van der Waals surface area contributed by atoms with E-state index < -0.39 is 0 Å². The fourth-order valence-electron chi connectivity index (χ4n) is 3.29. The van der Waals surface area contributed by atoms with Crippen LogP contribution in [0.5, 0.6) is 11.5 Å². The van der Waals surface area contributed by atoms with Crippen LogP contribution < -0.4 is 9.47 Å². The van der Waals surface area contributed by atoms with Gasteiger partial charge >= 0.3 is 0 Å². The van der Waals surface area contributed by atoms with E-state index >= 15 is 0 Å². The zero-order valence-electron chi connectivity index (χ0n) is 16.3. The van der Waals surface area contributed by atoms with Crippen LogP contribution in [0.25, 0.3) is 0 Å². The number of ether oxygens (including phenoxy) is 2. The summed E-state index contributed by atoms with van der Waals surface area (Å²) in [5.74, 6) is 2.07. The Kier molecular flexibility index (Phi) is 6.34. The number of amides is 1. The third-order valence-electron chi connectivity index (χ3n) is 4.74. The summed E-state index contributed by atoms with van der Waals surface area (Å²) in [4.78, 5) is 16.0. The maximum Gasteiger partial charge on any atom is 0.236 e. The topological polar surface area (TPSA) is 70.7 Å². The molecule has 0 aliphatic carbocycles. The molecule has 0 saturated carbocycles. The molecule has 0 radical (unpaired) electrons. The molecule has 0 unspecified atom stereocenters. The molecule has 7 nitrogen and oxygen atoms in total. The van der Waals surface area contributed by atoms with Crippen molar-refractivity contribution in [2.45, 2.75) is 18.8 Å². The van der Waals surface area contributed by atoms with E-state index in [0.29, 0.717) is 19.1 Å². The zero-order valence-corrected chi connectivity index (χ0v) is 16.3. The van der Waals surface area contributed by atoms with E-state index in [1.807, 2.05) is 48.2 Å². The Bertz CT molecular complexity index is 759. The quantitative estimate of drug-likeness (QED) is 0.767. The Hall–Kier alpha value is -2.54. The molecule has 1 N–H and O–H groups in total. The first-order valence-electron chi connectivity index (χ1n) is 9.28. The van der Waals surface area contributed by atoms with E-state index in [1.54, 1.807) is 7.11 Å². The number of nitrogens with zero attached hydrogens (tertiary/aromatic N) is 3. The lowest BCUT2D eigenvalue weighted by atomic mass is 10.0. The number of likely N-dealkylation sites (N-methyl/N-ethyl adjacent to an activating group) is 1. The number of H-pyrrole nitrogens is 1. The van der Waals surface area contributed by atoms with Gasteiger partial charge in [-0.3, -0.25) is 9.89 Å². The molecule has 1 fully saturated rings. The summed E-state index contributed by atoms with van der Waals surface area (Å²) in [6, 6.07) is 9.68. The third kappa shape index (κ3) is 5.23. The number of rotatable bonds is 8. The molecule has 1 aromatic heterocycles. The van der Waals surface area contributed by atoms with Crippen LogP contribution in [0.15, 0.2) is 30.3 Å². The van der Waals surface area contributed by atoms with Gasteiger partial charge in [-0.1, -0.05) is 6.07 Å². The fourth-order valence-corrected chi connectivity index (χ4v) is 3.29. The van der Waals surface area contributed by atoms with E-state index in [9.17, 15) is 4.79 Å². The number of carbonyl (C=O) groups excluding carboxylic acids is 1. The molecule has 7 heteroatoms. The van der Waals surface area contributed by atoms with E-state index in [4.69, 9.17) is 9.47 Å². The predicted octanol–water partition coefficient (Wildman–Crippen LogP) is 1.92. The van der Waals surface area contributed by atoms with Crippen molar-refractivity contribution < 1.29 is 14.3 Å². The summed E-state index contributed by atoms with van der Waals surface area (Å²) >= 11 is 0. The average molecular weight is 372 g/mol. The van der Waals surface area contributed by atoms with Gasteiger partial charge < -0.3 is 19.3 Å². The third-order valence-corrected chi connectivity index (χ3v) is 4.74. The summed E-state index contributed by atoms with van der Waals surface area (Å²) in [7, 11) is 5.47. The molecule has 1 aliphatic heterocycles. The number of hydrogen-bond acceptors (Lipinski definition) is 5. The van der Waals surface area contributed by atoms with Crippen molar-refractivity contribution in [2.24, 2.45) is 0 Å². The minimum Gasteiger partial charge on any atom is -0.497 e. The molecule has 1 aliphatic rings. The number of hydrogen-bond donors (Lipinski definition) is 1. The van der Waals surface area contributed by atoms with Gasteiger partial charge in [-0.2, -0.15) is 5.10 Å². The Morgan fingerprint density at radius 2 is 2.15 bits per heavy atom. The number of likely N-dealkylation sites (tertiary alicyclic amines) is 1. The van der Waals surface area contributed by atoms with Crippen LogP contribution in [-0.4, -0.2) is 73.4 Å². The van der Waals surface area contributed by atoms with Crippen molar-refractivity contribution in [3.63, 3.8) is 0 Å². The van der Waals surface area contributed by atoms with E-state index in [1.165, 1.54) is 0 Å². The van der Waals surface area contributed by atoms with E-state index in [2.05, 4.69) is 16.3 Å². The molecular weight excluding hydrogens is 344 g/mol. The highest BCUT2D eigenvalue weighted by Gasteiger charge is 2.28. The molecule has 2 aromatic rings. The van der Waals surface area contributed by atoms with Crippen LogP contribution in [0.4, 0.5) is 0 Å². The van der Waals surface area contributed by atoms with Crippen molar-refractivity contribution in [1.29, 1.82) is 0 Å². The summed E-state index contributed by atoms with van der Waals surface area (Å²) < 4.78 is 11.0. The maximum absolute atomic E-state index is 12.2. The van der Waals surface area contributed by atoms with Gasteiger partial charge in [0.25, 0.3) is 0 Å². The standard InChI is InChI=1S/C20H28N4O3/c1-23(2)14-20(25)24-9-7-15(13-24)19-11-16(21-22-19)8-10-27-18-6-4-5-17(12-18)26-3/h4-6,11-12,15H,7-10,13-14H2,1-3H3,(H,21,22)/t15-/m1/s1. The molecule has 2 heterocycles. The van der Waals surface area contributed by atoms with Crippen molar-refractivity contribution in [2.75, 3.05) is 47.4 Å². The zero-order chi connectivity index (χ0) is 19.2. The van der Waals surface area contributed by atoms with Crippen molar-refractivity contribution >= 4 is 5.91 Å². The first-order chi connectivity index (χ1) is 13.0. The molecule has 1 amide bonds. The molecule has 1 saturated heterocycles. The summed E-state index contributed by atoms with van der Waals surface area (Å²) in [6.45, 7) is 2.57. The highest BCUT2D eigenvalue weighted by molar-refractivity contribution is 5.78. The highest BCUT2D eigenvalue weighted by atomic mass is 16.5. The van der Waals surface area contributed by atoms with Crippen LogP contribution in [0.1, 0.15) is 23.7 Å². The number of methoxy groups -OCH3 is 1. The minimum absolute atomic E-state index is 0.185. The lowest BCUT2D eigenvalue weighted by Gasteiger charge is -2.18. The van der Waals surface area contributed by atoms with Gasteiger partial charge in [0.15, 0.2) is 0 Å².